The Morgan fingerprint density at radius 2 is 1.19 bits per heavy atom. The summed E-state index contributed by atoms with van der Waals surface area (Å²) in [5.41, 5.74) is 2.18. The van der Waals surface area contributed by atoms with Gasteiger partial charge >= 0.3 is 0 Å². The van der Waals surface area contributed by atoms with Gasteiger partial charge < -0.3 is 15.1 Å². The molecule has 31 heavy (non-hydrogen) atoms. The summed E-state index contributed by atoms with van der Waals surface area (Å²) in [7, 11) is 0. The molecule has 0 fully saturated rings. The summed E-state index contributed by atoms with van der Waals surface area (Å²) in [6.45, 7) is 1.92. The van der Waals surface area contributed by atoms with E-state index in [1.807, 2.05) is 67.6 Å². The van der Waals surface area contributed by atoms with Gasteiger partial charge in [0.05, 0.1) is 11.7 Å². The molecule has 0 atom stereocenters. The average Bonchev–Trinajstić information content (AvgIpc) is 3.36. The van der Waals surface area contributed by atoms with Gasteiger partial charge in [-0.3, -0.25) is 9.59 Å². The molecule has 1 heterocycles. The van der Waals surface area contributed by atoms with Crippen LogP contribution in [-0.2, 0) is 10.2 Å². The van der Waals surface area contributed by atoms with E-state index in [4.69, 9.17) is 4.42 Å². The minimum Gasteiger partial charge on any atom is -0.459 e. The van der Waals surface area contributed by atoms with E-state index >= 15 is 0 Å². The quantitative estimate of drug-likeness (QED) is 0.442. The van der Waals surface area contributed by atoms with E-state index in [2.05, 4.69) is 10.6 Å². The maximum atomic E-state index is 13.5. The Kier molecular flexibility index (Phi) is 5.67. The monoisotopic (exact) mass is 410 g/mol. The SMILES string of the molecule is CC(C(=O)Nc1ccc(NC(=O)c2ccco2)cc1)(c1ccccc1)c1ccccc1. The number of nitrogens with one attached hydrogen (secondary N) is 2. The molecule has 0 aliphatic rings. The topological polar surface area (TPSA) is 71.3 Å². The van der Waals surface area contributed by atoms with Crippen LogP contribution < -0.4 is 10.6 Å². The second-order valence-electron chi connectivity index (χ2n) is 7.32. The van der Waals surface area contributed by atoms with Gasteiger partial charge in [0.15, 0.2) is 5.76 Å². The molecular weight excluding hydrogens is 388 g/mol. The summed E-state index contributed by atoms with van der Waals surface area (Å²) in [6.07, 6.45) is 1.45. The molecule has 0 unspecified atom stereocenters. The average molecular weight is 410 g/mol. The van der Waals surface area contributed by atoms with Crippen molar-refractivity contribution in [1.29, 1.82) is 0 Å². The number of furan rings is 1. The third-order valence-electron chi connectivity index (χ3n) is 5.30. The van der Waals surface area contributed by atoms with Crippen molar-refractivity contribution in [3.05, 3.63) is 120 Å². The number of hydrogen-bond donors (Lipinski definition) is 2. The van der Waals surface area contributed by atoms with Crippen molar-refractivity contribution in [1.82, 2.24) is 0 Å². The van der Waals surface area contributed by atoms with Crippen LogP contribution in [0.4, 0.5) is 11.4 Å². The molecule has 4 aromatic rings. The van der Waals surface area contributed by atoms with E-state index in [1.165, 1.54) is 6.26 Å². The van der Waals surface area contributed by atoms with Crippen molar-refractivity contribution in [3.63, 3.8) is 0 Å². The van der Waals surface area contributed by atoms with Crippen molar-refractivity contribution in [3.8, 4) is 0 Å². The van der Waals surface area contributed by atoms with Crippen LogP contribution in [0, 0.1) is 0 Å². The first-order chi connectivity index (χ1) is 15.1. The molecule has 4 rings (SSSR count). The van der Waals surface area contributed by atoms with Crippen LogP contribution >= 0.6 is 0 Å². The molecule has 2 amide bonds. The van der Waals surface area contributed by atoms with E-state index in [0.29, 0.717) is 11.4 Å². The first-order valence-electron chi connectivity index (χ1n) is 9.95. The highest BCUT2D eigenvalue weighted by Crippen LogP contribution is 2.33. The van der Waals surface area contributed by atoms with Gasteiger partial charge in [0.25, 0.3) is 5.91 Å². The Morgan fingerprint density at radius 3 is 1.68 bits per heavy atom. The molecular formula is C26H22N2O3. The summed E-state index contributed by atoms with van der Waals surface area (Å²) in [4.78, 5) is 25.6. The Labute approximate surface area is 180 Å². The number of rotatable bonds is 6. The standard InChI is InChI=1S/C26H22N2O3/c1-26(19-9-4-2-5-10-19,20-11-6-3-7-12-20)25(30)28-22-16-14-21(15-17-22)27-24(29)23-13-8-18-31-23/h2-18H,1H3,(H,27,29)(H,28,30). The molecule has 3 aromatic carbocycles. The zero-order valence-corrected chi connectivity index (χ0v) is 17.0. The van der Waals surface area contributed by atoms with Crippen molar-refractivity contribution in [2.45, 2.75) is 12.3 Å². The smallest absolute Gasteiger partial charge is 0.291 e. The highest BCUT2D eigenvalue weighted by atomic mass is 16.3. The van der Waals surface area contributed by atoms with Gasteiger partial charge in [-0.05, 0) is 54.4 Å². The van der Waals surface area contributed by atoms with E-state index in [9.17, 15) is 9.59 Å². The van der Waals surface area contributed by atoms with Crippen LogP contribution in [-0.4, -0.2) is 11.8 Å². The first-order valence-corrected chi connectivity index (χ1v) is 9.95. The van der Waals surface area contributed by atoms with Gasteiger partial charge in [-0.1, -0.05) is 60.7 Å². The maximum Gasteiger partial charge on any atom is 0.291 e. The largest absolute Gasteiger partial charge is 0.459 e. The molecule has 5 nitrogen and oxygen atoms in total. The normalized spacial score (nSPS) is 11.0. The van der Waals surface area contributed by atoms with Crippen molar-refractivity contribution in [2.24, 2.45) is 0 Å². The summed E-state index contributed by atoms with van der Waals surface area (Å²) in [6, 6.07) is 29.7. The Morgan fingerprint density at radius 1 is 0.677 bits per heavy atom. The zero-order valence-electron chi connectivity index (χ0n) is 17.0. The number of anilines is 2. The Balaban J connectivity index is 1.54. The van der Waals surface area contributed by atoms with Gasteiger partial charge in [-0.2, -0.15) is 0 Å². The highest BCUT2D eigenvalue weighted by Gasteiger charge is 2.37. The molecule has 0 spiro atoms. The van der Waals surface area contributed by atoms with Gasteiger partial charge in [0.2, 0.25) is 5.91 Å². The molecule has 0 aliphatic heterocycles. The highest BCUT2D eigenvalue weighted by molar-refractivity contribution is 6.03. The van der Waals surface area contributed by atoms with E-state index < -0.39 is 5.41 Å². The Hall–Kier alpha value is -4.12. The third-order valence-corrected chi connectivity index (χ3v) is 5.30. The fourth-order valence-corrected chi connectivity index (χ4v) is 3.47. The van der Waals surface area contributed by atoms with Crippen LogP contribution in [0.25, 0.3) is 0 Å². The summed E-state index contributed by atoms with van der Waals surface area (Å²) in [5, 5.41) is 5.78. The molecule has 0 saturated heterocycles. The second kappa shape index (κ2) is 8.71. The lowest BCUT2D eigenvalue weighted by atomic mass is 9.75. The summed E-state index contributed by atoms with van der Waals surface area (Å²) >= 11 is 0. The Bertz CT molecular complexity index is 1110. The van der Waals surface area contributed by atoms with Gasteiger partial charge in [0.1, 0.15) is 0 Å². The predicted molar refractivity (Wildman–Crippen MR) is 121 cm³/mol. The second-order valence-corrected chi connectivity index (χ2v) is 7.32. The summed E-state index contributed by atoms with van der Waals surface area (Å²) in [5.74, 6) is -0.237. The lowest BCUT2D eigenvalue weighted by molar-refractivity contribution is -0.119. The third kappa shape index (κ3) is 4.26. The molecule has 0 bridgehead atoms. The lowest BCUT2D eigenvalue weighted by Crippen LogP contribution is -2.38. The van der Waals surface area contributed by atoms with E-state index in [-0.39, 0.29) is 17.6 Å². The fourth-order valence-electron chi connectivity index (χ4n) is 3.47. The maximum absolute atomic E-state index is 13.5. The zero-order chi connectivity index (χ0) is 21.7. The van der Waals surface area contributed by atoms with Crippen LogP contribution in [0.15, 0.2) is 108 Å². The van der Waals surface area contributed by atoms with Crippen LogP contribution in [0.5, 0.6) is 0 Å². The number of carbonyl (C=O) groups excluding carboxylic acids is 2. The summed E-state index contributed by atoms with van der Waals surface area (Å²) < 4.78 is 5.10. The minimum absolute atomic E-state index is 0.141. The minimum atomic E-state index is -0.866. The van der Waals surface area contributed by atoms with Gasteiger partial charge in [-0.15, -0.1) is 0 Å². The van der Waals surface area contributed by atoms with Gasteiger partial charge in [-0.25, -0.2) is 0 Å². The predicted octanol–water partition coefficient (Wildman–Crippen LogP) is 5.48. The van der Waals surface area contributed by atoms with Crippen LogP contribution in [0.3, 0.4) is 0 Å². The molecule has 0 radical (unpaired) electrons. The number of amides is 2. The molecule has 1 aromatic heterocycles. The molecule has 5 heteroatoms. The van der Waals surface area contributed by atoms with Crippen molar-refractivity contribution >= 4 is 23.2 Å². The molecule has 2 N–H and O–H groups in total. The molecule has 0 saturated carbocycles. The van der Waals surface area contributed by atoms with Crippen LogP contribution in [0.2, 0.25) is 0 Å². The van der Waals surface area contributed by atoms with E-state index in [0.717, 1.165) is 11.1 Å². The van der Waals surface area contributed by atoms with Crippen molar-refractivity contribution in [2.75, 3.05) is 10.6 Å². The molecule has 0 aliphatic carbocycles. The van der Waals surface area contributed by atoms with Crippen molar-refractivity contribution < 1.29 is 14.0 Å². The lowest BCUT2D eigenvalue weighted by Gasteiger charge is -2.29. The van der Waals surface area contributed by atoms with E-state index in [1.54, 1.807) is 36.4 Å². The number of carbonyl (C=O) groups is 2. The molecule has 154 valence electrons. The van der Waals surface area contributed by atoms with Crippen LogP contribution in [0.1, 0.15) is 28.6 Å². The van der Waals surface area contributed by atoms with Gasteiger partial charge in [0, 0.05) is 11.4 Å². The number of benzene rings is 3. The first kappa shape index (κ1) is 20.2. The number of hydrogen-bond acceptors (Lipinski definition) is 3. The fraction of sp³-hybridized carbons (Fsp3) is 0.0769.